The van der Waals surface area contributed by atoms with E-state index in [4.69, 9.17) is 16.7 Å². The lowest BCUT2D eigenvalue weighted by atomic mass is 10.1. The number of carbonyl (C=O) groups is 2. The van der Waals surface area contributed by atoms with Crippen molar-refractivity contribution in [3.05, 3.63) is 45.7 Å². The second-order valence-electron chi connectivity index (χ2n) is 4.49. The molecule has 110 valence electrons. The molecule has 1 aromatic heterocycles. The monoisotopic (exact) mass is 308 g/mol. The maximum atomic E-state index is 11.3. The number of aryl methyl sites for hydroxylation is 2. The van der Waals surface area contributed by atoms with E-state index in [0.717, 1.165) is 5.56 Å². The first-order chi connectivity index (χ1) is 9.86. The van der Waals surface area contributed by atoms with Gasteiger partial charge in [-0.1, -0.05) is 24.6 Å². The summed E-state index contributed by atoms with van der Waals surface area (Å²) in [6.07, 6.45) is 0.409. The van der Waals surface area contributed by atoms with Gasteiger partial charge in [0.15, 0.2) is 0 Å². The van der Waals surface area contributed by atoms with Crippen molar-refractivity contribution in [3.8, 4) is 5.69 Å². The maximum absolute atomic E-state index is 11.3. The number of aromatic nitrogens is 2. The van der Waals surface area contributed by atoms with E-state index in [-0.39, 0.29) is 16.3 Å². The fourth-order valence-electron chi connectivity index (χ4n) is 2.03. The molecule has 7 heteroatoms. The minimum absolute atomic E-state index is 0.0370. The van der Waals surface area contributed by atoms with Crippen molar-refractivity contribution in [2.24, 2.45) is 0 Å². The third kappa shape index (κ3) is 2.62. The highest BCUT2D eigenvalue weighted by Crippen LogP contribution is 2.26. The van der Waals surface area contributed by atoms with Gasteiger partial charge in [0.1, 0.15) is 10.7 Å². The Kier molecular flexibility index (Phi) is 3.99. The molecule has 2 aromatic rings. The second kappa shape index (κ2) is 5.57. The first-order valence-corrected chi connectivity index (χ1v) is 6.59. The number of carboxylic acid groups (broad SMARTS) is 2. The number of benzene rings is 1. The van der Waals surface area contributed by atoms with Gasteiger partial charge in [0.2, 0.25) is 0 Å². The van der Waals surface area contributed by atoms with Crippen LogP contribution in [-0.4, -0.2) is 31.9 Å². The van der Waals surface area contributed by atoms with Gasteiger partial charge in [-0.25, -0.2) is 14.3 Å². The summed E-state index contributed by atoms with van der Waals surface area (Å²) in [6.45, 7) is 3.54. The third-order valence-corrected chi connectivity index (χ3v) is 3.48. The van der Waals surface area contributed by atoms with Crippen LogP contribution in [0.5, 0.6) is 0 Å². The summed E-state index contributed by atoms with van der Waals surface area (Å²) in [5.74, 6) is -2.23. The Morgan fingerprint density at radius 2 is 1.95 bits per heavy atom. The van der Waals surface area contributed by atoms with Gasteiger partial charge in [-0.05, 0) is 31.0 Å². The Labute approximate surface area is 125 Å². The van der Waals surface area contributed by atoms with Crippen LogP contribution in [0.15, 0.2) is 18.2 Å². The predicted molar refractivity (Wildman–Crippen MR) is 76.6 cm³/mol. The molecule has 0 amide bonds. The normalized spacial score (nSPS) is 10.6. The van der Waals surface area contributed by atoms with Gasteiger partial charge < -0.3 is 10.2 Å². The van der Waals surface area contributed by atoms with Gasteiger partial charge in [-0.3, -0.25) is 0 Å². The molecule has 0 spiro atoms. The molecule has 0 fully saturated rings. The summed E-state index contributed by atoms with van der Waals surface area (Å²) in [6, 6.07) is 4.52. The smallest absolute Gasteiger partial charge is 0.340 e. The average Bonchev–Trinajstić information content (AvgIpc) is 2.76. The van der Waals surface area contributed by atoms with Crippen molar-refractivity contribution in [2.75, 3.05) is 0 Å². The number of hydrogen-bond donors (Lipinski definition) is 2. The molecule has 0 aliphatic carbocycles. The average molecular weight is 309 g/mol. The summed E-state index contributed by atoms with van der Waals surface area (Å²) in [4.78, 5) is 22.3. The van der Waals surface area contributed by atoms with Crippen molar-refractivity contribution in [3.63, 3.8) is 0 Å². The molecule has 0 saturated heterocycles. The van der Waals surface area contributed by atoms with Gasteiger partial charge in [-0.2, -0.15) is 5.10 Å². The van der Waals surface area contributed by atoms with Gasteiger partial charge in [0.25, 0.3) is 0 Å². The molecular weight excluding hydrogens is 296 g/mol. The summed E-state index contributed by atoms with van der Waals surface area (Å²) < 4.78 is 1.27. The molecule has 0 radical (unpaired) electrons. The highest BCUT2D eigenvalue weighted by molar-refractivity contribution is 6.33. The van der Waals surface area contributed by atoms with E-state index >= 15 is 0 Å². The van der Waals surface area contributed by atoms with E-state index in [0.29, 0.717) is 17.8 Å². The quantitative estimate of drug-likeness (QED) is 0.906. The lowest BCUT2D eigenvalue weighted by molar-refractivity contribution is 0.0685. The Bertz CT molecular complexity index is 737. The van der Waals surface area contributed by atoms with Gasteiger partial charge in [0.05, 0.1) is 16.9 Å². The maximum Gasteiger partial charge on any atom is 0.340 e. The minimum atomic E-state index is -1.16. The molecule has 0 unspecified atom stereocenters. The number of nitrogens with zero attached hydrogens (tertiary/aromatic N) is 2. The highest BCUT2D eigenvalue weighted by Gasteiger charge is 2.23. The minimum Gasteiger partial charge on any atom is -0.478 e. The Hall–Kier alpha value is -2.34. The Morgan fingerprint density at radius 3 is 2.43 bits per heavy atom. The SMILES string of the molecule is CCc1nn(-c2cc(C(=O)O)ccc2C)c(Cl)c1C(=O)O. The molecule has 2 rings (SSSR count). The zero-order valence-electron chi connectivity index (χ0n) is 11.4. The zero-order chi connectivity index (χ0) is 15.7. The Balaban J connectivity index is 2.70. The summed E-state index contributed by atoms with van der Waals surface area (Å²) >= 11 is 6.11. The number of halogens is 1. The molecule has 0 aliphatic rings. The molecule has 0 bridgehead atoms. The van der Waals surface area contributed by atoms with E-state index < -0.39 is 11.9 Å². The van der Waals surface area contributed by atoms with E-state index in [1.807, 2.05) is 0 Å². The summed E-state index contributed by atoms with van der Waals surface area (Å²) in [7, 11) is 0. The van der Waals surface area contributed by atoms with Crippen molar-refractivity contribution in [1.82, 2.24) is 9.78 Å². The van der Waals surface area contributed by atoms with Crippen LogP contribution in [0, 0.1) is 6.92 Å². The van der Waals surface area contributed by atoms with Crippen LogP contribution in [0.3, 0.4) is 0 Å². The fraction of sp³-hybridized carbons (Fsp3) is 0.214. The zero-order valence-corrected chi connectivity index (χ0v) is 12.2. The van der Waals surface area contributed by atoms with Gasteiger partial charge in [-0.15, -0.1) is 0 Å². The second-order valence-corrected chi connectivity index (χ2v) is 4.85. The van der Waals surface area contributed by atoms with Crippen LogP contribution in [0.4, 0.5) is 0 Å². The van der Waals surface area contributed by atoms with E-state index in [1.165, 1.54) is 16.8 Å². The van der Waals surface area contributed by atoms with E-state index in [2.05, 4.69) is 5.10 Å². The highest BCUT2D eigenvalue weighted by atomic mass is 35.5. The van der Waals surface area contributed by atoms with Crippen LogP contribution >= 0.6 is 11.6 Å². The Morgan fingerprint density at radius 1 is 1.29 bits per heavy atom. The standard InChI is InChI=1S/C14H13ClN2O4/c1-3-9-11(14(20)21)12(15)17(16-9)10-6-8(13(18)19)5-4-7(10)2/h4-6H,3H2,1-2H3,(H,18,19)(H,20,21). The lowest BCUT2D eigenvalue weighted by Crippen LogP contribution is -2.04. The first kappa shape index (κ1) is 15.1. The van der Waals surface area contributed by atoms with Crippen LogP contribution in [0.2, 0.25) is 5.15 Å². The summed E-state index contributed by atoms with van der Waals surface area (Å²) in [5, 5.41) is 22.4. The number of carboxylic acids is 2. The van der Waals surface area contributed by atoms with Crippen molar-refractivity contribution >= 4 is 23.5 Å². The number of aromatic carboxylic acids is 2. The molecule has 1 heterocycles. The molecule has 21 heavy (non-hydrogen) atoms. The van der Waals surface area contributed by atoms with Crippen molar-refractivity contribution in [1.29, 1.82) is 0 Å². The van der Waals surface area contributed by atoms with Crippen LogP contribution in [-0.2, 0) is 6.42 Å². The van der Waals surface area contributed by atoms with Gasteiger partial charge >= 0.3 is 11.9 Å². The van der Waals surface area contributed by atoms with E-state index in [9.17, 15) is 14.7 Å². The fourth-order valence-corrected chi connectivity index (χ4v) is 2.35. The lowest BCUT2D eigenvalue weighted by Gasteiger charge is -2.08. The van der Waals surface area contributed by atoms with Crippen molar-refractivity contribution in [2.45, 2.75) is 20.3 Å². The number of hydrogen-bond acceptors (Lipinski definition) is 3. The first-order valence-electron chi connectivity index (χ1n) is 6.21. The van der Waals surface area contributed by atoms with Crippen LogP contribution in [0.25, 0.3) is 5.69 Å². The molecule has 1 aromatic carbocycles. The van der Waals surface area contributed by atoms with Gasteiger partial charge in [0, 0.05) is 0 Å². The third-order valence-electron chi connectivity index (χ3n) is 3.13. The van der Waals surface area contributed by atoms with E-state index in [1.54, 1.807) is 19.9 Å². The largest absolute Gasteiger partial charge is 0.478 e. The summed E-state index contributed by atoms with van der Waals surface area (Å²) in [5.41, 5.74) is 1.56. The molecule has 6 nitrogen and oxygen atoms in total. The molecule has 0 atom stereocenters. The number of rotatable bonds is 4. The van der Waals surface area contributed by atoms with Crippen LogP contribution < -0.4 is 0 Å². The molecule has 2 N–H and O–H groups in total. The van der Waals surface area contributed by atoms with Crippen molar-refractivity contribution < 1.29 is 19.8 Å². The molecule has 0 saturated carbocycles. The molecular formula is C14H13ClN2O4. The predicted octanol–water partition coefficient (Wildman–Crippen LogP) is 2.79. The molecule has 0 aliphatic heterocycles. The van der Waals surface area contributed by atoms with Crippen LogP contribution in [0.1, 0.15) is 38.9 Å². The topological polar surface area (TPSA) is 92.4 Å².